The molecule has 29 heavy (non-hydrogen) atoms. The van der Waals surface area contributed by atoms with Gasteiger partial charge in [-0.15, -0.1) is 11.3 Å². The van der Waals surface area contributed by atoms with Gasteiger partial charge in [-0.2, -0.15) is 0 Å². The molecule has 6 heteroatoms. The van der Waals surface area contributed by atoms with Crippen molar-refractivity contribution in [2.75, 3.05) is 25.0 Å². The number of benzene rings is 2. The molecule has 0 radical (unpaired) electrons. The molecule has 0 aliphatic carbocycles. The van der Waals surface area contributed by atoms with Crippen LogP contribution in [0.1, 0.15) is 24.8 Å². The molecule has 152 valence electrons. The van der Waals surface area contributed by atoms with Crippen molar-refractivity contribution in [3.05, 3.63) is 64.5 Å². The highest BCUT2D eigenvalue weighted by atomic mass is 35.5. The molecule has 0 spiro atoms. The third-order valence-electron chi connectivity index (χ3n) is 5.50. The third kappa shape index (κ3) is 5.37. The Bertz CT molecular complexity index is 911. The van der Waals surface area contributed by atoms with Crippen molar-refractivity contribution in [2.45, 2.75) is 31.7 Å². The molecule has 4 rings (SSSR count). The molecule has 0 unspecified atom stereocenters. The lowest BCUT2D eigenvalue weighted by Gasteiger charge is -2.34. The lowest BCUT2D eigenvalue weighted by atomic mass is 10.0. The van der Waals surface area contributed by atoms with Crippen molar-refractivity contribution in [3.8, 4) is 11.3 Å². The second-order valence-electron chi connectivity index (χ2n) is 7.48. The summed E-state index contributed by atoms with van der Waals surface area (Å²) >= 11 is 7.56. The molecule has 2 N–H and O–H groups in total. The number of aliphatic hydroxyl groups excluding tert-OH is 1. The number of anilines is 2. The summed E-state index contributed by atoms with van der Waals surface area (Å²) in [5.41, 5.74) is 4.37. The number of thiazole rings is 1. The normalized spacial score (nSPS) is 17.4. The van der Waals surface area contributed by atoms with Crippen LogP contribution in [0, 0.1) is 0 Å². The Labute approximate surface area is 181 Å². The van der Waals surface area contributed by atoms with E-state index in [-0.39, 0.29) is 6.61 Å². The molecule has 3 aromatic rings. The van der Waals surface area contributed by atoms with Gasteiger partial charge < -0.3 is 10.4 Å². The zero-order chi connectivity index (χ0) is 20.1. The summed E-state index contributed by atoms with van der Waals surface area (Å²) in [6.07, 6.45) is 4.60. The smallest absolute Gasteiger partial charge is 0.187 e. The van der Waals surface area contributed by atoms with E-state index >= 15 is 0 Å². The van der Waals surface area contributed by atoms with Crippen LogP contribution in [0.15, 0.2) is 53.9 Å². The molecule has 1 saturated heterocycles. The minimum Gasteiger partial charge on any atom is -0.395 e. The van der Waals surface area contributed by atoms with Crippen LogP contribution in [-0.4, -0.2) is 40.7 Å². The number of rotatable bonds is 7. The Balaban J connectivity index is 1.33. The topological polar surface area (TPSA) is 48.4 Å². The maximum absolute atomic E-state index is 9.56. The number of nitrogens with one attached hydrogen (secondary N) is 1. The van der Waals surface area contributed by atoms with Crippen LogP contribution in [0.2, 0.25) is 5.02 Å². The molecule has 2 aromatic carbocycles. The molecule has 4 nitrogen and oxygen atoms in total. The van der Waals surface area contributed by atoms with Gasteiger partial charge in [0.15, 0.2) is 5.13 Å². The quantitative estimate of drug-likeness (QED) is 0.515. The Hall–Kier alpha value is -1.92. The first kappa shape index (κ1) is 20.4. The van der Waals surface area contributed by atoms with E-state index in [1.165, 1.54) is 18.4 Å². The van der Waals surface area contributed by atoms with E-state index in [1.807, 2.05) is 24.3 Å². The molecule has 0 amide bonds. The first-order chi connectivity index (χ1) is 14.2. The maximum atomic E-state index is 9.56. The largest absolute Gasteiger partial charge is 0.395 e. The Kier molecular flexibility index (Phi) is 6.82. The van der Waals surface area contributed by atoms with Crippen LogP contribution in [0.3, 0.4) is 0 Å². The van der Waals surface area contributed by atoms with Crippen molar-refractivity contribution in [3.63, 3.8) is 0 Å². The van der Waals surface area contributed by atoms with E-state index in [9.17, 15) is 5.11 Å². The standard InChI is InChI=1S/C23H26ClN3OS/c24-19-8-6-18(7-9-19)22-16-29-23(26-22)25-20-10-4-17(5-11-20)12-14-27-13-2-1-3-21(27)15-28/h4-11,16,21,28H,1-3,12-15H2,(H,25,26)/t21-/m1/s1. The number of hydrogen-bond donors (Lipinski definition) is 2. The Morgan fingerprint density at radius 2 is 1.90 bits per heavy atom. The van der Waals surface area contributed by atoms with Crippen molar-refractivity contribution in [1.29, 1.82) is 0 Å². The molecular formula is C23H26ClN3OS. The molecule has 0 saturated carbocycles. The minimum atomic E-state index is 0.273. The van der Waals surface area contributed by atoms with Crippen LogP contribution < -0.4 is 5.32 Å². The van der Waals surface area contributed by atoms with E-state index in [4.69, 9.17) is 11.6 Å². The molecule has 1 atom stereocenters. The van der Waals surface area contributed by atoms with Gasteiger partial charge in [-0.3, -0.25) is 4.90 Å². The van der Waals surface area contributed by atoms with E-state index < -0.39 is 0 Å². The lowest BCUT2D eigenvalue weighted by molar-refractivity contribution is 0.0913. The van der Waals surface area contributed by atoms with Gasteiger partial charge in [0, 0.05) is 34.2 Å². The molecule has 1 aliphatic rings. The minimum absolute atomic E-state index is 0.273. The lowest BCUT2D eigenvalue weighted by Crippen LogP contribution is -2.42. The third-order valence-corrected chi connectivity index (χ3v) is 6.51. The number of piperidine rings is 1. The van der Waals surface area contributed by atoms with E-state index in [2.05, 4.69) is 44.8 Å². The molecule has 1 aliphatic heterocycles. The highest BCUT2D eigenvalue weighted by molar-refractivity contribution is 7.14. The summed E-state index contributed by atoms with van der Waals surface area (Å²) in [5, 5.41) is 16.6. The van der Waals surface area contributed by atoms with Gasteiger partial charge in [0.05, 0.1) is 12.3 Å². The van der Waals surface area contributed by atoms with Crippen molar-refractivity contribution < 1.29 is 5.11 Å². The fourth-order valence-electron chi connectivity index (χ4n) is 3.80. The van der Waals surface area contributed by atoms with E-state index in [0.29, 0.717) is 6.04 Å². The van der Waals surface area contributed by atoms with Gasteiger partial charge in [-0.1, -0.05) is 42.3 Å². The number of nitrogens with zero attached hydrogens (tertiary/aromatic N) is 2. The second-order valence-corrected chi connectivity index (χ2v) is 8.78. The summed E-state index contributed by atoms with van der Waals surface area (Å²) in [4.78, 5) is 7.11. The summed E-state index contributed by atoms with van der Waals surface area (Å²) in [6.45, 7) is 2.38. The first-order valence-electron chi connectivity index (χ1n) is 10.1. The van der Waals surface area contributed by atoms with Crippen LogP contribution in [0.25, 0.3) is 11.3 Å². The van der Waals surface area contributed by atoms with E-state index in [0.717, 1.165) is 53.0 Å². The average molecular weight is 428 g/mol. The van der Waals surface area contributed by atoms with Gasteiger partial charge >= 0.3 is 0 Å². The van der Waals surface area contributed by atoms with Gasteiger partial charge in [-0.25, -0.2) is 4.98 Å². The van der Waals surface area contributed by atoms with Crippen LogP contribution in [0.4, 0.5) is 10.8 Å². The highest BCUT2D eigenvalue weighted by Gasteiger charge is 2.20. The second kappa shape index (κ2) is 9.72. The van der Waals surface area contributed by atoms with E-state index in [1.54, 1.807) is 11.3 Å². The molecule has 1 fully saturated rings. The molecule has 2 heterocycles. The summed E-state index contributed by atoms with van der Waals surface area (Å²) in [6, 6.07) is 16.6. The Morgan fingerprint density at radius 1 is 1.10 bits per heavy atom. The zero-order valence-corrected chi connectivity index (χ0v) is 17.9. The number of aromatic nitrogens is 1. The van der Waals surface area contributed by atoms with Crippen LogP contribution in [0.5, 0.6) is 0 Å². The predicted molar refractivity (Wildman–Crippen MR) is 122 cm³/mol. The monoisotopic (exact) mass is 427 g/mol. The summed E-state index contributed by atoms with van der Waals surface area (Å²) < 4.78 is 0. The molecular weight excluding hydrogens is 402 g/mol. The fraction of sp³-hybridized carbons (Fsp3) is 0.348. The molecule has 0 bridgehead atoms. The van der Waals surface area contributed by atoms with Gasteiger partial charge in [0.2, 0.25) is 0 Å². The number of aliphatic hydroxyl groups is 1. The fourth-order valence-corrected chi connectivity index (χ4v) is 4.66. The Morgan fingerprint density at radius 3 is 2.66 bits per heavy atom. The molecule has 1 aromatic heterocycles. The first-order valence-corrected chi connectivity index (χ1v) is 11.4. The van der Waals surface area contributed by atoms with Crippen molar-refractivity contribution in [1.82, 2.24) is 9.88 Å². The zero-order valence-electron chi connectivity index (χ0n) is 16.4. The SMILES string of the molecule is OC[C@H]1CCCCN1CCc1ccc(Nc2nc(-c3ccc(Cl)cc3)cs2)cc1. The number of likely N-dealkylation sites (tertiary alicyclic amines) is 1. The average Bonchev–Trinajstić information content (AvgIpc) is 3.22. The van der Waals surface area contributed by atoms with Gasteiger partial charge in [-0.05, 0) is 55.6 Å². The summed E-state index contributed by atoms with van der Waals surface area (Å²) in [5.74, 6) is 0. The maximum Gasteiger partial charge on any atom is 0.187 e. The summed E-state index contributed by atoms with van der Waals surface area (Å²) in [7, 11) is 0. The van der Waals surface area contributed by atoms with Gasteiger partial charge in [0.25, 0.3) is 0 Å². The number of halogens is 1. The van der Waals surface area contributed by atoms with Crippen molar-refractivity contribution >= 4 is 33.8 Å². The number of hydrogen-bond acceptors (Lipinski definition) is 5. The highest BCUT2D eigenvalue weighted by Crippen LogP contribution is 2.28. The van der Waals surface area contributed by atoms with Crippen LogP contribution in [-0.2, 0) is 6.42 Å². The van der Waals surface area contributed by atoms with Crippen LogP contribution >= 0.6 is 22.9 Å². The predicted octanol–water partition coefficient (Wildman–Crippen LogP) is 5.60. The van der Waals surface area contributed by atoms with Crippen molar-refractivity contribution in [2.24, 2.45) is 0 Å². The van der Waals surface area contributed by atoms with Gasteiger partial charge in [0.1, 0.15) is 0 Å².